The van der Waals surface area contributed by atoms with Gasteiger partial charge in [0.25, 0.3) is 0 Å². The minimum absolute atomic E-state index is 0.0555. The monoisotopic (exact) mass is 322 g/mol. The van der Waals surface area contributed by atoms with E-state index >= 15 is 0 Å². The summed E-state index contributed by atoms with van der Waals surface area (Å²) in [6, 6.07) is 0. The number of aliphatic hydroxyl groups is 3. The Labute approximate surface area is 141 Å². The van der Waals surface area contributed by atoms with Crippen molar-refractivity contribution < 1.29 is 15.3 Å². The van der Waals surface area contributed by atoms with Crippen molar-refractivity contribution >= 4 is 0 Å². The molecule has 0 aliphatic rings. The Bertz CT molecular complexity index is 430. The zero-order chi connectivity index (χ0) is 17.7. The summed E-state index contributed by atoms with van der Waals surface area (Å²) in [6.45, 7) is 10.2. The average molecular weight is 322 g/mol. The van der Waals surface area contributed by atoms with Gasteiger partial charge in [-0.15, -0.1) is 0 Å². The molecule has 3 nitrogen and oxygen atoms in total. The highest BCUT2D eigenvalue weighted by atomic mass is 16.3. The maximum absolute atomic E-state index is 10.1. The summed E-state index contributed by atoms with van der Waals surface area (Å²) in [7, 11) is 0. The van der Waals surface area contributed by atoms with Crippen molar-refractivity contribution in [3.8, 4) is 0 Å². The molecule has 0 aromatic rings. The fourth-order valence-corrected chi connectivity index (χ4v) is 2.21. The Kier molecular flexibility index (Phi) is 12.6. The topological polar surface area (TPSA) is 60.7 Å². The van der Waals surface area contributed by atoms with Gasteiger partial charge in [0.15, 0.2) is 0 Å². The molecular weight excluding hydrogens is 288 g/mol. The number of hydrogen-bond acceptors (Lipinski definition) is 3. The lowest BCUT2D eigenvalue weighted by molar-refractivity contribution is 0.197. The van der Waals surface area contributed by atoms with E-state index in [1.807, 2.05) is 13.8 Å². The van der Waals surface area contributed by atoms with E-state index in [0.29, 0.717) is 6.42 Å². The maximum atomic E-state index is 10.1. The van der Waals surface area contributed by atoms with Crippen molar-refractivity contribution in [1.82, 2.24) is 0 Å². The molecular formula is C20H34O3. The average Bonchev–Trinajstić information content (AvgIpc) is 2.52. The first-order valence-electron chi connectivity index (χ1n) is 8.45. The third kappa shape index (κ3) is 12.0. The molecule has 0 aromatic heterocycles. The molecule has 0 aromatic carbocycles. The fourth-order valence-electron chi connectivity index (χ4n) is 2.21. The van der Waals surface area contributed by atoms with Crippen LogP contribution in [0.5, 0.6) is 0 Å². The zero-order valence-corrected chi connectivity index (χ0v) is 15.0. The molecule has 3 N–H and O–H groups in total. The molecule has 0 aliphatic carbocycles. The molecule has 0 heterocycles. The highest BCUT2D eigenvalue weighted by Gasteiger charge is 2.08. The number of aliphatic hydroxyl groups excluding tert-OH is 3. The van der Waals surface area contributed by atoms with Gasteiger partial charge in [-0.3, -0.25) is 0 Å². The highest BCUT2D eigenvalue weighted by molar-refractivity contribution is 5.08. The predicted molar refractivity (Wildman–Crippen MR) is 98.3 cm³/mol. The van der Waals surface area contributed by atoms with Crippen LogP contribution in [0.2, 0.25) is 0 Å². The van der Waals surface area contributed by atoms with Gasteiger partial charge in [-0.25, -0.2) is 0 Å². The molecule has 3 heteroatoms. The van der Waals surface area contributed by atoms with Crippen LogP contribution in [-0.4, -0.2) is 34.6 Å². The van der Waals surface area contributed by atoms with E-state index in [1.54, 1.807) is 6.08 Å². The van der Waals surface area contributed by atoms with Gasteiger partial charge >= 0.3 is 0 Å². The van der Waals surface area contributed by atoms with Gasteiger partial charge in [0.05, 0.1) is 19.3 Å². The molecule has 0 bridgehead atoms. The quantitative estimate of drug-likeness (QED) is 0.475. The van der Waals surface area contributed by atoms with Crippen molar-refractivity contribution in [2.24, 2.45) is 0 Å². The molecule has 0 saturated heterocycles. The number of hydrogen-bond donors (Lipinski definition) is 3. The van der Waals surface area contributed by atoms with E-state index in [9.17, 15) is 5.11 Å². The van der Waals surface area contributed by atoms with Crippen molar-refractivity contribution in [3.63, 3.8) is 0 Å². The molecule has 0 aliphatic heterocycles. The molecule has 23 heavy (non-hydrogen) atoms. The molecule has 132 valence electrons. The van der Waals surface area contributed by atoms with Crippen LogP contribution in [0.25, 0.3) is 0 Å². The first kappa shape index (κ1) is 21.8. The summed E-state index contributed by atoms with van der Waals surface area (Å²) in [6.07, 6.45) is 10.7. The molecule has 0 radical (unpaired) electrons. The highest BCUT2D eigenvalue weighted by Crippen LogP contribution is 2.17. The zero-order valence-electron chi connectivity index (χ0n) is 15.0. The van der Waals surface area contributed by atoms with Crippen LogP contribution in [0.3, 0.4) is 0 Å². The van der Waals surface area contributed by atoms with Gasteiger partial charge in [-0.05, 0) is 64.9 Å². The van der Waals surface area contributed by atoms with E-state index in [-0.39, 0.29) is 13.2 Å². The van der Waals surface area contributed by atoms with E-state index in [4.69, 9.17) is 10.2 Å². The Balaban J connectivity index is 4.03. The maximum Gasteiger partial charge on any atom is 0.0750 e. The van der Waals surface area contributed by atoms with E-state index in [0.717, 1.165) is 48.8 Å². The predicted octanol–water partition coefficient (Wildman–Crippen LogP) is 4.07. The van der Waals surface area contributed by atoms with Crippen molar-refractivity contribution in [3.05, 3.63) is 47.1 Å². The first-order valence-corrected chi connectivity index (χ1v) is 8.45. The summed E-state index contributed by atoms with van der Waals surface area (Å²) in [4.78, 5) is 0. The Hall–Kier alpha value is -1.16. The molecule has 0 unspecified atom stereocenters. The van der Waals surface area contributed by atoms with Crippen LogP contribution < -0.4 is 0 Å². The molecule has 0 rings (SSSR count). The second-order valence-corrected chi connectivity index (χ2v) is 6.28. The largest absolute Gasteiger partial charge is 0.392 e. The van der Waals surface area contributed by atoms with Crippen LogP contribution in [-0.2, 0) is 0 Å². The number of rotatable bonds is 12. The third-order valence-electron chi connectivity index (χ3n) is 3.96. The molecule has 1 atom stereocenters. The fraction of sp³-hybridized carbons (Fsp3) is 0.600. The van der Waals surface area contributed by atoms with Crippen molar-refractivity contribution in [2.45, 2.75) is 65.4 Å². The summed E-state index contributed by atoms with van der Waals surface area (Å²) in [5, 5.41) is 27.8. The SMILES string of the molecule is C=C(CC/C=C(\C)CC/C=C(\C)CO)[C@H](O)CC/C(C)=C/CO. The third-order valence-corrected chi connectivity index (χ3v) is 3.96. The molecule has 0 spiro atoms. The molecule has 0 amide bonds. The van der Waals surface area contributed by atoms with Crippen LogP contribution in [0.4, 0.5) is 0 Å². The summed E-state index contributed by atoms with van der Waals surface area (Å²) in [5.74, 6) is 0. The smallest absolute Gasteiger partial charge is 0.0750 e. The number of allylic oxidation sites excluding steroid dienone is 4. The van der Waals surface area contributed by atoms with E-state index < -0.39 is 6.10 Å². The molecule has 0 fully saturated rings. The Morgan fingerprint density at radius 3 is 2.04 bits per heavy atom. The second-order valence-electron chi connectivity index (χ2n) is 6.28. The minimum Gasteiger partial charge on any atom is -0.392 e. The first-order chi connectivity index (χ1) is 10.9. The van der Waals surface area contributed by atoms with Gasteiger partial charge in [0.1, 0.15) is 0 Å². The lowest BCUT2D eigenvalue weighted by Gasteiger charge is -2.13. The normalized spacial score (nSPS) is 15.0. The van der Waals surface area contributed by atoms with E-state index in [2.05, 4.69) is 25.7 Å². The van der Waals surface area contributed by atoms with Crippen LogP contribution in [0.1, 0.15) is 59.3 Å². The molecule has 0 saturated carbocycles. The second kappa shape index (κ2) is 13.3. The van der Waals surface area contributed by atoms with Crippen LogP contribution >= 0.6 is 0 Å². The van der Waals surface area contributed by atoms with Crippen LogP contribution in [0.15, 0.2) is 47.1 Å². The van der Waals surface area contributed by atoms with Gasteiger partial charge in [-0.2, -0.15) is 0 Å². The Morgan fingerprint density at radius 2 is 1.43 bits per heavy atom. The summed E-state index contributed by atoms with van der Waals surface area (Å²) in [5.41, 5.74) is 4.32. The lowest BCUT2D eigenvalue weighted by atomic mass is 9.99. The minimum atomic E-state index is -0.471. The summed E-state index contributed by atoms with van der Waals surface area (Å²) < 4.78 is 0. The van der Waals surface area contributed by atoms with Crippen molar-refractivity contribution in [2.75, 3.05) is 13.2 Å². The van der Waals surface area contributed by atoms with Crippen molar-refractivity contribution in [1.29, 1.82) is 0 Å². The lowest BCUT2D eigenvalue weighted by Crippen LogP contribution is -2.09. The van der Waals surface area contributed by atoms with E-state index in [1.165, 1.54) is 5.57 Å². The van der Waals surface area contributed by atoms with Gasteiger partial charge in [-0.1, -0.05) is 41.5 Å². The van der Waals surface area contributed by atoms with Gasteiger partial charge < -0.3 is 15.3 Å². The Morgan fingerprint density at radius 1 is 0.870 bits per heavy atom. The standard InChI is InChI=1S/C20H34O3/c1-16(7-5-9-18(3)15-22)8-6-10-19(4)20(23)12-11-17(2)13-14-21/h8-9,13,20-23H,4-7,10-12,14-15H2,1-3H3/b16-8+,17-13+,18-9+/t20-/m1/s1. The summed E-state index contributed by atoms with van der Waals surface area (Å²) >= 11 is 0. The van der Waals surface area contributed by atoms with Crippen LogP contribution in [0, 0.1) is 0 Å². The van der Waals surface area contributed by atoms with Gasteiger partial charge in [0, 0.05) is 0 Å². The van der Waals surface area contributed by atoms with Gasteiger partial charge in [0.2, 0.25) is 0 Å².